The number of carboxylic acid groups (broad SMARTS) is 1. The molecular weight excluding hydrogens is 428 g/mol. The average Bonchev–Trinajstić information content (AvgIpc) is 3.11. The molecule has 0 saturated carbocycles. The molecule has 2 amide bonds. The Morgan fingerprint density at radius 3 is 2.31 bits per heavy atom. The van der Waals surface area contributed by atoms with Crippen LogP contribution in [0.3, 0.4) is 0 Å². The van der Waals surface area contributed by atoms with Gasteiger partial charge in [0.25, 0.3) is 0 Å². The Balaban J connectivity index is 1.60. The first-order valence-corrected chi connectivity index (χ1v) is 11.7. The summed E-state index contributed by atoms with van der Waals surface area (Å²) >= 11 is 1.56. The summed E-state index contributed by atoms with van der Waals surface area (Å²) in [6, 6.07) is 15.4. The van der Waals surface area contributed by atoms with Gasteiger partial charge in [0.05, 0.1) is 0 Å². The highest BCUT2D eigenvalue weighted by Crippen LogP contribution is 2.44. The highest BCUT2D eigenvalue weighted by molar-refractivity contribution is 7.98. The van der Waals surface area contributed by atoms with Gasteiger partial charge in [-0.1, -0.05) is 54.6 Å². The lowest BCUT2D eigenvalue weighted by atomic mass is 9.98. The fourth-order valence-corrected chi connectivity index (χ4v) is 4.20. The lowest BCUT2D eigenvalue weighted by Gasteiger charge is -2.19. The summed E-state index contributed by atoms with van der Waals surface area (Å²) in [5.41, 5.74) is 4.51. The maximum Gasteiger partial charge on any atom is 0.407 e. The van der Waals surface area contributed by atoms with Crippen molar-refractivity contribution in [2.75, 3.05) is 25.2 Å². The first-order valence-electron chi connectivity index (χ1n) is 10.3. The van der Waals surface area contributed by atoms with E-state index in [0.717, 1.165) is 28.3 Å². The maximum atomic E-state index is 12.5. The fourth-order valence-electron chi connectivity index (χ4n) is 3.73. The van der Waals surface area contributed by atoms with E-state index < -0.39 is 18.1 Å². The van der Waals surface area contributed by atoms with Gasteiger partial charge >= 0.3 is 12.1 Å². The molecule has 3 rings (SSSR count). The monoisotopic (exact) mass is 454 g/mol. The van der Waals surface area contributed by atoms with Gasteiger partial charge in [0.2, 0.25) is 5.91 Å². The largest absolute Gasteiger partial charge is 0.478 e. The number of carboxylic acids is 1. The van der Waals surface area contributed by atoms with Crippen LogP contribution in [0.2, 0.25) is 0 Å². The summed E-state index contributed by atoms with van der Waals surface area (Å²) in [6.07, 6.45) is 3.97. The van der Waals surface area contributed by atoms with Gasteiger partial charge in [-0.2, -0.15) is 11.8 Å². The van der Waals surface area contributed by atoms with Gasteiger partial charge in [0.15, 0.2) is 0 Å². The van der Waals surface area contributed by atoms with Gasteiger partial charge in [0.1, 0.15) is 12.6 Å². The number of alkyl carbamates (subject to hydrolysis) is 1. The molecule has 0 bridgehead atoms. The van der Waals surface area contributed by atoms with Gasteiger partial charge in [-0.3, -0.25) is 4.79 Å². The summed E-state index contributed by atoms with van der Waals surface area (Å²) in [5.74, 6) is -0.863. The number of amides is 2. The van der Waals surface area contributed by atoms with Crippen LogP contribution in [0.1, 0.15) is 23.5 Å². The van der Waals surface area contributed by atoms with E-state index in [4.69, 9.17) is 9.84 Å². The molecule has 0 saturated heterocycles. The van der Waals surface area contributed by atoms with E-state index in [1.165, 1.54) is 6.08 Å². The molecule has 2 aromatic rings. The normalized spacial score (nSPS) is 13.3. The number of ether oxygens (including phenoxy) is 1. The molecule has 0 aliphatic heterocycles. The summed E-state index contributed by atoms with van der Waals surface area (Å²) in [7, 11) is 0. The van der Waals surface area contributed by atoms with Crippen molar-refractivity contribution in [3.8, 4) is 11.1 Å². The van der Waals surface area contributed by atoms with Crippen molar-refractivity contribution in [3.63, 3.8) is 0 Å². The topological polar surface area (TPSA) is 105 Å². The van der Waals surface area contributed by atoms with E-state index in [-0.39, 0.29) is 25.0 Å². The second kappa shape index (κ2) is 11.4. The molecule has 1 aliphatic rings. The van der Waals surface area contributed by atoms with Gasteiger partial charge in [-0.05, 0) is 40.7 Å². The molecule has 0 aromatic heterocycles. The first-order chi connectivity index (χ1) is 15.5. The SMILES string of the molecule is CSCC[C@H](NC(=O)OCC1c2ccccc2-c2ccccc21)C(=O)NC/C=C/C(=O)O. The first kappa shape index (κ1) is 23.4. The Bertz CT molecular complexity index is 962. The summed E-state index contributed by atoms with van der Waals surface area (Å²) in [6.45, 7) is 0.228. The lowest BCUT2D eigenvalue weighted by Crippen LogP contribution is -2.47. The number of carbonyl (C=O) groups is 3. The standard InChI is InChI=1S/C24H26N2O5S/c1-32-14-12-21(23(29)25-13-6-11-22(27)28)26-24(30)31-15-20-18-9-4-2-7-16(18)17-8-3-5-10-19(17)20/h2-11,20-21H,12-15H2,1H3,(H,25,29)(H,26,30)(H,27,28)/b11-6+/t21-/m0/s1. The summed E-state index contributed by atoms with van der Waals surface area (Å²) in [5, 5.41) is 13.9. The van der Waals surface area contributed by atoms with Crippen LogP contribution >= 0.6 is 11.8 Å². The number of benzene rings is 2. The van der Waals surface area contributed by atoms with Crippen LogP contribution in [0.25, 0.3) is 11.1 Å². The molecule has 0 heterocycles. The third-order valence-corrected chi connectivity index (χ3v) is 5.86. The molecule has 0 fully saturated rings. The zero-order valence-electron chi connectivity index (χ0n) is 17.7. The predicted molar refractivity (Wildman–Crippen MR) is 125 cm³/mol. The number of fused-ring (bicyclic) bond motifs is 3. The number of carbonyl (C=O) groups excluding carboxylic acids is 2. The van der Waals surface area contributed by atoms with Gasteiger partial charge in [-0.25, -0.2) is 9.59 Å². The highest BCUT2D eigenvalue weighted by atomic mass is 32.2. The molecular formula is C24H26N2O5S. The zero-order valence-corrected chi connectivity index (χ0v) is 18.6. The van der Waals surface area contributed by atoms with Crippen molar-refractivity contribution in [3.05, 3.63) is 71.8 Å². The number of thioether (sulfide) groups is 1. The van der Waals surface area contributed by atoms with E-state index >= 15 is 0 Å². The molecule has 2 aromatic carbocycles. The summed E-state index contributed by atoms with van der Waals surface area (Å²) in [4.78, 5) is 35.5. The smallest absolute Gasteiger partial charge is 0.407 e. The molecule has 0 spiro atoms. The van der Waals surface area contributed by atoms with Gasteiger partial charge in [0, 0.05) is 18.5 Å². The fraction of sp³-hybridized carbons (Fsp3) is 0.292. The predicted octanol–water partition coefficient (Wildman–Crippen LogP) is 3.40. The molecule has 1 atom stereocenters. The minimum atomic E-state index is -1.09. The van der Waals surface area contributed by atoms with Crippen molar-refractivity contribution in [1.29, 1.82) is 0 Å². The van der Waals surface area contributed by atoms with Crippen LogP contribution in [0.15, 0.2) is 60.7 Å². The second-order valence-electron chi connectivity index (χ2n) is 7.29. The van der Waals surface area contributed by atoms with Gasteiger partial charge < -0.3 is 20.5 Å². The molecule has 8 heteroatoms. The molecule has 0 radical (unpaired) electrons. The minimum absolute atomic E-state index is 0.0622. The van der Waals surface area contributed by atoms with Crippen molar-refractivity contribution < 1.29 is 24.2 Å². The van der Waals surface area contributed by atoms with E-state index in [9.17, 15) is 14.4 Å². The Morgan fingerprint density at radius 1 is 1.09 bits per heavy atom. The quantitative estimate of drug-likeness (QED) is 0.475. The van der Waals surface area contributed by atoms with Crippen LogP contribution in [0, 0.1) is 0 Å². The van der Waals surface area contributed by atoms with E-state index in [2.05, 4.69) is 22.8 Å². The number of hydrogen-bond donors (Lipinski definition) is 3. The lowest BCUT2D eigenvalue weighted by molar-refractivity contribution is -0.131. The van der Waals surface area contributed by atoms with E-state index in [1.54, 1.807) is 11.8 Å². The number of rotatable bonds is 10. The molecule has 0 unspecified atom stereocenters. The van der Waals surface area contributed by atoms with Crippen molar-refractivity contribution >= 4 is 29.7 Å². The second-order valence-corrected chi connectivity index (χ2v) is 8.28. The van der Waals surface area contributed by atoms with Crippen molar-refractivity contribution in [1.82, 2.24) is 10.6 Å². The molecule has 7 nitrogen and oxygen atoms in total. The van der Waals surface area contributed by atoms with Crippen molar-refractivity contribution in [2.24, 2.45) is 0 Å². The molecule has 168 valence electrons. The zero-order chi connectivity index (χ0) is 22.9. The van der Waals surface area contributed by atoms with Crippen LogP contribution in [-0.2, 0) is 14.3 Å². The Labute approximate surface area is 191 Å². The van der Waals surface area contributed by atoms with Gasteiger partial charge in [-0.15, -0.1) is 0 Å². The number of hydrogen-bond acceptors (Lipinski definition) is 5. The third kappa shape index (κ3) is 5.91. The minimum Gasteiger partial charge on any atom is -0.478 e. The van der Waals surface area contributed by atoms with E-state index in [0.29, 0.717) is 12.2 Å². The Hall–Kier alpha value is -3.26. The number of nitrogens with one attached hydrogen (secondary N) is 2. The average molecular weight is 455 g/mol. The molecule has 3 N–H and O–H groups in total. The maximum absolute atomic E-state index is 12.5. The van der Waals surface area contributed by atoms with Crippen LogP contribution in [-0.4, -0.2) is 54.3 Å². The highest BCUT2D eigenvalue weighted by Gasteiger charge is 2.29. The van der Waals surface area contributed by atoms with Crippen LogP contribution in [0.4, 0.5) is 4.79 Å². The van der Waals surface area contributed by atoms with Crippen LogP contribution in [0.5, 0.6) is 0 Å². The van der Waals surface area contributed by atoms with E-state index in [1.807, 2.05) is 42.7 Å². The van der Waals surface area contributed by atoms with Crippen molar-refractivity contribution in [2.45, 2.75) is 18.4 Å². The summed E-state index contributed by atoms with van der Waals surface area (Å²) < 4.78 is 5.53. The number of aliphatic carboxylic acids is 1. The van der Waals surface area contributed by atoms with Crippen LogP contribution < -0.4 is 10.6 Å². The molecule has 1 aliphatic carbocycles. The third-order valence-electron chi connectivity index (χ3n) is 5.22. The Morgan fingerprint density at radius 2 is 1.72 bits per heavy atom. The molecule has 32 heavy (non-hydrogen) atoms. The Kier molecular flexibility index (Phi) is 8.33.